The third-order valence-corrected chi connectivity index (χ3v) is 4.79. The minimum atomic E-state index is 0.671. The van der Waals surface area contributed by atoms with Crippen LogP contribution in [0.1, 0.15) is 4.88 Å². The molecule has 0 aliphatic heterocycles. The average molecular weight is 391 g/mol. The molecule has 1 aromatic heterocycles. The van der Waals surface area contributed by atoms with Crippen LogP contribution in [0.2, 0.25) is 0 Å². The molecule has 0 saturated carbocycles. The molecule has 0 bridgehead atoms. The van der Waals surface area contributed by atoms with E-state index in [0.717, 1.165) is 23.3 Å². The summed E-state index contributed by atoms with van der Waals surface area (Å²) in [5, 5.41) is 5.44. The van der Waals surface area contributed by atoms with Gasteiger partial charge in [-0.25, -0.2) is 0 Å². The van der Waals surface area contributed by atoms with E-state index in [1.54, 1.807) is 11.3 Å². The first-order chi connectivity index (χ1) is 8.75. The molecule has 0 aliphatic rings. The molecule has 0 amide bonds. The quantitative estimate of drug-likeness (QED) is 0.736. The highest BCUT2D eigenvalue weighted by atomic mass is 79.9. The van der Waals surface area contributed by atoms with Crippen LogP contribution < -0.4 is 10.1 Å². The zero-order valence-electron chi connectivity index (χ0n) is 9.66. The number of rotatable bonds is 6. The first kappa shape index (κ1) is 14.1. The maximum atomic E-state index is 5.62. The Morgan fingerprint density at radius 3 is 2.56 bits per heavy atom. The van der Waals surface area contributed by atoms with Crippen LogP contribution in [0.3, 0.4) is 0 Å². The summed E-state index contributed by atoms with van der Waals surface area (Å²) in [6.07, 6.45) is 0. The van der Waals surface area contributed by atoms with Gasteiger partial charge in [0.15, 0.2) is 0 Å². The van der Waals surface area contributed by atoms with E-state index in [-0.39, 0.29) is 0 Å². The monoisotopic (exact) mass is 389 g/mol. The van der Waals surface area contributed by atoms with Gasteiger partial charge >= 0.3 is 0 Å². The second kappa shape index (κ2) is 7.28. The Morgan fingerprint density at radius 1 is 1.11 bits per heavy atom. The Kier molecular flexibility index (Phi) is 5.69. The Bertz CT molecular complexity index is 484. The summed E-state index contributed by atoms with van der Waals surface area (Å²) >= 11 is 8.66. The van der Waals surface area contributed by atoms with E-state index in [4.69, 9.17) is 4.74 Å². The summed E-state index contributed by atoms with van der Waals surface area (Å²) in [5.74, 6) is 0.900. The lowest BCUT2D eigenvalue weighted by molar-refractivity contribution is 0.314. The summed E-state index contributed by atoms with van der Waals surface area (Å²) in [6.45, 7) is 2.38. The van der Waals surface area contributed by atoms with Crippen molar-refractivity contribution in [2.24, 2.45) is 0 Å². The average Bonchev–Trinajstić information content (AvgIpc) is 2.77. The van der Waals surface area contributed by atoms with Crippen molar-refractivity contribution >= 4 is 43.2 Å². The maximum Gasteiger partial charge on any atom is 0.119 e. The Labute approximate surface area is 128 Å². The predicted octanol–water partition coefficient (Wildman–Crippen LogP) is 4.44. The smallest absolute Gasteiger partial charge is 0.119 e. The van der Waals surface area contributed by atoms with Crippen molar-refractivity contribution < 1.29 is 4.74 Å². The molecule has 0 saturated heterocycles. The number of thiophene rings is 1. The SMILES string of the molecule is Brc1ccc(OCCNCc2sccc2Br)cc1. The van der Waals surface area contributed by atoms with E-state index in [1.165, 1.54) is 9.35 Å². The molecule has 1 N–H and O–H groups in total. The fourth-order valence-electron chi connectivity index (χ4n) is 1.43. The fraction of sp³-hybridized carbons (Fsp3) is 0.231. The summed E-state index contributed by atoms with van der Waals surface area (Å²) < 4.78 is 7.86. The van der Waals surface area contributed by atoms with Gasteiger partial charge in [-0.3, -0.25) is 0 Å². The zero-order valence-corrected chi connectivity index (χ0v) is 13.6. The van der Waals surface area contributed by atoms with Crippen molar-refractivity contribution in [3.05, 3.63) is 49.5 Å². The second-order valence-corrected chi connectivity index (χ2v) is 6.44. The largest absolute Gasteiger partial charge is 0.492 e. The topological polar surface area (TPSA) is 21.3 Å². The van der Waals surface area contributed by atoms with Crippen LogP contribution in [0.4, 0.5) is 0 Å². The van der Waals surface area contributed by atoms with E-state index in [0.29, 0.717) is 6.61 Å². The molecular weight excluding hydrogens is 378 g/mol. The molecule has 0 spiro atoms. The van der Waals surface area contributed by atoms with Gasteiger partial charge in [0.2, 0.25) is 0 Å². The number of hydrogen-bond acceptors (Lipinski definition) is 3. The first-order valence-corrected chi connectivity index (χ1v) is 8.03. The number of halogens is 2. The van der Waals surface area contributed by atoms with Crippen molar-refractivity contribution in [2.45, 2.75) is 6.54 Å². The van der Waals surface area contributed by atoms with Gasteiger partial charge in [0.25, 0.3) is 0 Å². The molecule has 0 atom stereocenters. The standard InChI is InChI=1S/C13H13Br2NOS/c14-10-1-3-11(4-2-10)17-7-6-16-9-13-12(15)5-8-18-13/h1-5,8,16H,6-7,9H2. The van der Waals surface area contributed by atoms with Crippen LogP contribution in [0.15, 0.2) is 44.7 Å². The van der Waals surface area contributed by atoms with E-state index in [9.17, 15) is 0 Å². The van der Waals surface area contributed by atoms with Gasteiger partial charge in [-0.15, -0.1) is 11.3 Å². The molecule has 2 nitrogen and oxygen atoms in total. The highest BCUT2D eigenvalue weighted by Gasteiger charge is 2.00. The van der Waals surface area contributed by atoms with Gasteiger partial charge in [-0.1, -0.05) is 15.9 Å². The van der Waals surface area contributed by atoms with Crippen LogP contribution in [-0.4, -0.2) is 13.2 Å². The molecule has 0 radical (unpaired) electrons. The lowest BCUT2D eigenvalue weighted by Gasteiger charge is -2.07. The van der Waals surface area contributed by atoms with E-state index >= 15 is 0 Å². The van der Waals surface area contributed by atoms with Crippen molar-refractivity contribution in [1.29, 1.82) is 0 Å². The summed E-state index contributed by atoms with van der Waals surface area (Å²) in [5.41, 5.74) is 0. The lowest BCUT2D eigenvalue weighted by Crippen LogP contribution is -2.20. The molecule has 0 aliphatic carbocycles. The van der Waals surface area contributed by atoms with Gasteiger partial charge in [0, 0.05) is 26.9 Å². The number of hydrogen-bond donors (Lipinski definition) is 1. The zero-order chi connectivity index (χ0) is 12.8. The molecule has 2 aromatic rings. The molecule has 1 heterocycles. The number of nitrogens with one attached hydrogen (secondary N) is 1. The minimum absolute atomic E-state index is 0.671. The van der Waals surface area contributed by atoms with Crippen molar-refractivity contribution in [3.63, 3.8) is 0 Å². The minimum Gasteiger partial charge on any atom is -0.492 e. The normalized spacial score (nSPS) is 10.6. The van der Waals surface area contributed by atoms with Crippen LogP contribution >= 0.6 is 43.2 Å². The third kappa shape index (κ3) is 4.39. The van der Waals surface area contributed by atoms with Gasteiger partial charge in [-0.2, -0.15) is 0 Å². The maximum absolute atomic E-state index is 5.62. The molecule has 0 unspecified atom stereocenters. The highest BCUT2D eigenvalue weighted by Crippen LogP contribution is 2.22. The van der Waals surface area contributed by atoms with Crippen LogP contribution in [-0.2, 0) is 6.54 Å². The summed E-state index contributed by atoms with van der Waals surface area (Å²) in [7, 11) is 0. The predicted molar refractivity (Wildman–Crippen MR) is 83.4 cm³/mol. The summed E-state index contributed by atoms with van der Waals surface area (Å²) in [4.78, 5) is 1.32. The molecule has 0 fully saturated rings. The van der Waals surface area contributed by atoms with Crippen LogP contribution in [0.5, 0.6) is 5.75 Å². The molecule has 96 valence electrons. The van der Waals surface area contributed by atoms with Gasteiger partial charge in [0.1, 0.15) is 12.4 Å². The molecule has 2 rings (SSSR count). The van der Waals surface area contributed by atoms with E-state index < -0.39 is 0 Å². The van der Waals surface area contributed by atoms with E-state index in [1.807, 2.05) is 24.3 Å². The number of ether oxygens (including phenoxy) is 1. The Morgan fingerprint density at radius 2 is 1.89 bits per heavy atom. The van der Waals surface area contributed by atoms with Crippen LogP contribution in [0, 0.1) is 0 Å². The fourth-order valence-corrected chi connectivity index (χ4v) is 3.15. The second-order valence-electron chi connectivity index (χ2n) is 3.67. The molecule has 1 aromatic carbocycles. The molecular formula is C13H13Br2NOS. The first-order valence-electron chi connectivity index (χ1n) is 5.56. The Hall–Kier alpha value is -0.360. The van der Waals surface area contributed by atoms with Crippen LogP contribution in [0.25, 0.3) is 0 Å². The highest BCUT2D eigenvalue weighted by molar-refractivity contribution is 9.10. The van der Waals surface area contributed by atoms with Crippen molar-refractivity contribution in [3.8, 4) is 5.75 Å². The third-order valence-electron chi connectivity index (χ3n) is 2.34. The van der Waals surface area contributed by atoms with Gasteiger partial charge in [0.05, 0.1) is 0 Å². The van der Waals surface area contributed by atoms with E-state index in [2.05, 4.69) is 48.6 Å². The molecule has 18 heavy (non-hydrogen) atoms. The Balaban J connectivity index is 1.64. The summed E-state index contributed by atoms with van der Waals surface area (Å²) in [6, 6.07) is 9.94. The van der Waals surface area contributed by atoms with Gasteiger partial charge in [-0.05, 0) is 51.6 Å². The van der Waals surface area contributed by atoms with Crippen molar-refractivity contribution in [1.82, 2.24) is 5.32 Å². The van der Waals surface area contributed by atoms with Crippen molar-refractivity contribution in [2.75, 3.05) is 13.2 Å². The van der Waals surface area contributed by atoms with Gasteiger partial charge < -0.3 is 10.1 Å². The lowest BCUT2D eigenvalue weighted by atomic mass is 10.3. The number of benzene rings is 1. The molecule has 5 heteroatoms.